The van der Waals surface area contributed by atoms with Crippen molar-refractivity contribution in [1.82, 2.24) is 9.88 Å². The molecule has 4 heteroatoms. The third kappa shape index (κ3) is 2.83. The number of likely N-dealkylation sites (tertiary alicyclic amines) is 1. The van der Waals surface area contributed by atoms with E-state index in [0.717, 1.165) is 36.7 Å². The molecule has 2 aromatic carbocycles. The molecule has 3 atom stereocenters. The number of pyridine rings is 1. The Kier molecular flexibility index (Phi) is 4.24. The van der Waals surface area contributed by atoms with Crippen LogP contribution in [-0.4, -0.2) is 43.7 Å². The van der Waals surface area contributed by atoms with Gasteiger partial charge in [0.25, 0.3) is 0 Å². The predicted octanol–water partition coefficient (Wildman–Crippen LogP) is 4.29. The maximum atomic E-state index is 5.34. The highest BCUT2D eigenvalue weighted by atomic mass is 16.5. The Morgan fingerprint density at radius 1 is 1.00 bits per heavy atom. The molecule has 2 fully saturated rings. The van der Waals surface area contributed by atoms with Gasteiger partial charge in [0.1, 0.15) is 11.6 Å². The van der Waals surface area contributed by atoms with Crippen LogP contribution in [0, 0.1) is 18.8 Å². The van der Waals surface area contributed by atoms with Gasteiger partial charge < -0.3 is 9.64 Å². The Labute approximate surface area is 166 Å². The van der Waals surface area contributed by atoms with E-state index in [4.69, 9.17) is 9.72 Å². The highest BCUT2D eigenvalue weighted by Crippen LogP contribution is 2.45. The normalized spacial score (nSPS) is 24.7. The van der Waals surface area contributed by atoms with Crippen LogP contribution >= 0.6 is 0 Å². The Balaban J connectivity index is 1.44. The molecule has 28 heavy (non-hydrogen) atoms. The van der Waals surface area contributed by atoms with E-state index in [-0.39, 0.29) is 0 Å². The molecule has 3 aromatic rings. The molecular weight excluding hydrogens is 346 g/mol. The zero-order chi connectivity index (χ0) is 19.3. The largest absolute Gasteiger partial charge is 0.497 e. The van der Waals surface area contributed by atoms with E-state index in [1.807, 2.05) is 0 Å². The lowest BCUT2D eigenvalue weighted by molar-refractivity contribution is 0.279. The molecule has 144 valence electrons. The first kappa shape index (κ1) is 17.5. The summed E-state index contributed by atoms with van der Waals surface area (Å²) in [4.78, 5) is 10.1. The lowest BCUT2D eigenvalue weighted by Crippen LogP contribution is -2.29. The molecule has 1 aromatic heterocycles. The first-order valence-electron chi connectivity index (χ1n) is 10.1. The van der Waals surface area contributed by atoms with Gasteiger partial charge in [0.05, 0.1) is 12.6 Å². The number of anilines is 1. The van der Waals surface area contributed by atoms with Gasteiger partial charge in [-0.2, -0.15) is 0 Å². The van der Waals surface area contributed by atoms with E-state index in [0.29, 0.717) is 17.9 Å². The maximum absolute atomic E-state index is 5.34. The van der Waals surface area contributed by atoms with Crippen LogP contribution in [0.25, 0.3) is 10.9 Å². The van der Waals surface area contributed by atoms with Crippen molar-refractivity contribution in [3.05, 3.63) is 65.7 Å². The topological polar surface area (TPSA) is 28.6 Å². The number of fused-ring (bicyclic) bond motifs is 2. The van der Waals surface area contributed by atoms with Gasteiger partial charge in [-0.1, -0.05) is 30.3 Å². The molecule has 4 nitrogen and oxygen atoms in total. The second-order valence-electron chi connectivity index (χ2n) is 8.31. The summed E-state index contributed by atoms with van der Waals surface area (Å²) in [6.07, 6.45) is 0. The monoisotopic (exact) mass is 373 g/mol. The Hall–Kier alpha value is -2.59. The molecule has 5 rings (SSSR count). The van der Waals surface area contributed by atoms with E-state index in [1.54, 1.807) is 7.11 Å². The minimum absolute atomic E-state index is 0.460. The molecule has 0 amide bonds. The average molecular weight is 374 g/mol. The lowest BCUT2D eigenvalue weighted by atomic mass is 9.89. The molecule has 0 unspecified atom stereocenters. The Morgan fingerprint density at radius 3 is 2.57 bits per heavy atom. The molecule has 0 N–H and O–H groups in total. The van der Waals surface area contributed by atoms with Crippen molar-refractivity contribution >= 4 is 16.7 Å². The Bertz CT molecular complexity index is 1000. The SMILES string of the molecule is COc1ccc([C@H]2[C@@H]3CN(c4nc5ccccc5cc4C)C[C@@H]3CN2C)cc1. The van der Waals surface area contributed by atoms with E-state index in [2.05, 4.69) is 78.4 Å². The summed E-state index contributed by atoms with van der Waals surface area (Å²) in [6.45, 7) is 5.49. The second kappa shape index (κ2) is 6.78. The van der Waals surface area contributed by atoms with Crippen LogP contribution in [-0.2, 0) is 0 Å². The molecule has 2 aliphatic rings. The number of aromatic nitrogens is 1. The second-order valence-corrected chi connectivity index (χ2v) is 8.31. The van der Waals surface area contributed by atoms with Crippen molar-refractivity contribution in [2.75, 3.05) is 38.7 Å². The molecule has 2 aliphatic heterocycles. The average Bonchev–Trinajstić information content (AvgIpc) is 3.24. The maximum Gasteiger partial charge on any atom is 0.132 e. The molecule has 0 aliphatic carbocycles. The van der Waals surface area contributed by atoms with Crippen molar-refractivity contribution in [1.29, 1.82) is 0 Å². The minimum Gasteiger partial charge on any atom is -0.497 e. The van der Waals surface area contributed by atoms with Gasteiger partial charge in [0, 0.05) is 37.0 Å². The fraction of sp³-hybridized carbons (Fsp3) is 0.375. The smallest absolute Gasteiger partial charge is 0.132 e. The lowest BCUT2D eigenvalue weighted by Gasteiger charge is -2.28. The van der Waals surface area contributed by atoms with Gasteiger partial charge in [-0.3, -0.25) is 4.90 Å². The highest BCUT2D eigenvalue weighted by Gasteiger charge is 2.46. The van der Waals surface area contributed by atoms with Crippen molar-refractivity contribution in [3.63, 3.8) is 0 Å². The molecule has 0 spiro atoms. The summed E-state index contributed by atoms with van der Waals surface area (Å²) >= 11 is 0. The van der Waals surface area contributed by atoms with E-state index >= 15 is 0 Å². The first-order valence-corrected chi connectivity index (χ1v) is 10.1. The van der Waals surface area contributed by atoms with Gasteiger partial charge in [-0.05, 0) is 55.3 Å². The first-order chi connectivity index (χ1) is 13.6. The van der Waals surface area contributed by atoms with Crippen LogP contribution < -0.4 is 9.64 Å². The number of para-hydroxylation sites is 1. The molecule has 0 radical (unpaired) electrons. The fourth-order valence-corrected chi connectivity index (χ4v) is 5.26. The standard InChI is InChI=1S/C24H27N3O/c1-16-12-18-6-4-5-7-22(18)25-24(16)27-14-19-13-26(2)23(21(19)15-27)17-8-10-20(28-3)11-9-17/h4-12,19,21,23H,13-15H2,1-3H3/t19-,21+,23-/m0/s1. The van der Waals surface area contributed by atoms with Crippen LogP contribution in [0.5, 0.6) is 5.75 Å². The summed E-state index contributed by atoms with van der Waals surface area (Å²) in [6, 6.07) is 19.8. The quantitative estimate of drug-likeness (QED) is 0.685. The van der Waals surface area contributed by atoms with Crippen molar-refractivity contribution in [2.45, 2.75) is 13.0 Å². The number of aryl methyl sites for hydroxylation is 1. The summed E-state index contributed by atoms with van der Waals surface area (Å²) in [5.41, 5.74) is 3.75. The predicted molar refractivity (Wildman–Crippen MR) is 114 cm³/mol. The zero-order valence-corrected chi connectivity index (χ0v) is 16.8. The van der Waals surface area contributed by atoms with Crippen LogP contribution in [0.1, 0.15) is 17.2 Å². The zero-order valence-electron chi connectivity index (χ0n) is 16.8. The molecule has 0 bridgehead atoms. The summed E-state index contributed by atoms with van der Waals surface area (Å²) < 4.78 is 5.34. The molecule has 0 saturated carbocycles. The summed E-state index contributed by atoms with van der Waals surface area (Å²) in [5.74, 6) is 3.39. The fourth-order valence-electron chi connectivity index (χ4n) is 5.26. The number of ether oxygens (including phenoxy) is 1. The number of hydrogen-bond donors (Lipinski definition) is 0. The van der Waals surface area contributed by atoms with Crippen LogP contribution in [0.2, 0.25) is 0 Å². The van der Waals surface area contributed by atoms with E-state index in [9.17, 15) is 0 Å². The number of hydrogen-bond acceptors (Lipinski definition) is 4. The van der Waals surface area contributed by atoms with Gasteiger partial charge in [0.15, 0.2) is 0 Å². The Morgan fingerprint density at radius 2 is 1.79 bits per heavy atom. The number of rotatable bonds is 3. The van der Waals surface area contributed by atoms with Gasteiger partial charge >= 0.3 is 0 Å². The molecule has 3 heterocycles. The van der Waals surface area contributed by atoms with Gasteiger partial charge in [-0.15, -0.1) is 0 Å². The third-order valence-corrected chi connectivity index (χ3v) is 6.54. The molecule has 2 saturated heterocycles. The van der Waals surface area contributed by atoms with Crippen LogP contribution in [0.15, 0.2) is 54.6 Å². The minimum atomic E-state index is 0.460. The van der Waals surface area contributed by atoms with Gasteiger partial charge in [-0.25, -0.2) is 4.98 Å². The van der Waals surface area contributed by atoms with Crippen molar-refractivity contribution < 1.29 is 4.74 Å². The number of nitrogens with zero attached hydrogens (tertiary/aromatic N) is 3. The van der Waals surface area contributed by atoms with Crippen molar-refractivity contribution in [2.24, 2.45) is 11.8 Å². The third-order valence-electron chi connectivity index (χ3n) is 6.54. The molecular formula is C24H27N3O. The van der Waals surface area contributed by atoms with E-state index < -0.39 is 0 Å². The van der Waals surface area contributed by atoms with Gasteiger partial charge in [0.2, 0.25) is 0 Å². The summed E-state index contributed by atoms with van der Waals surface area (Å²) in [5, 5.41) is 1.22. The van der Waals surface area contributed by atoms with Crippen molar-refractivity contribution in [3.8, 4) is 5.75 Å². The van der Waals surface area contributed by atoms with Crippen LogP contribution in [0.4, 0.5) is 5.82 Å². The van der Waals surface area contributed by atoms with E-state index in [1.165, 1.54) is 16.5 Å². The summed E-state index contributed by atoms with van der Waals surface area (Å²) in [7, 11) is 3.98. The highest BCUT2D eigenvalue weighted by molar-refractivity contribution is 5.81. The number of benzene rings is 2. The number of methoxy groups -OCH3 is 1. The van der Waals surface area contributed by atoms with Crippen LogP contribution in [0.3, 0.4) is 0 Å².